The minimum atomic E-state index is -0.328. The number of hydrogen-bond acceptors (Lipinski definition) is 7. The summed E-state index contributed by atoms with van der Waals surface area (Å²) < 4.78 is 15.7. The van der Waals surface area contributed by atoms with Gasteiger partial charge in [-0.1, -0.05) is 12.1 Å². The van der Waals surface area contributed by atoms with Crippen LogP contribution in [0.15, 0.2) is 29.3 Å². The van der Waals surface area contributed by atoms with Crippen molar-refractivity contribution in [2.24, 2.45) is 4.99 Å². The van der Waals surface area contributed by atoms with Gasteiger partial charge in [-0.2, -0.15) is 0 Å². The van der Waals surface area contributed by atoms with Gasteiger partial charge in [-0.3, -0.25) is 0 Å². The number of carbonyl (C=O) groups is 1. The molecule has 0 fully saturated rings. The van der Waals surface area contributed by atoms with Gasteiger partial charge in [-0.25, -0.2) is 14.8 Å². The predicted molar refractivity (Wildman–Crippen MR) is 138 cm³/mol. The summed E-state index contributed by atoms with van der Waals surface area (Å²) in [5, 5.41) is 7.42. The normalized spacial score (nSPS) is 12.0. The smallest absolute Gasteiger partial charge is 0.350 e. The van der Waals surface area contributed by atoms with E-state index in [1.165, 1.54) is 11.3 Å². The number of nitrogens with zero attached hydrogens (tertiary/aromatic N) is 2. The van der Waals surface area contributed by atoms with Gasteiger partial charge < -0.3 is 24.8 Å². The van der Waals surface area contributed by atoms with E-state index in [4.69, 9.17) is 14.2 Å². The van der Waals surface area contributed by atoms with Gasteiger partial charge in [0.05, 0.1) is 31.5 Å². The van der Waals surface area contributed by atoms with Gasteiger partial charge in [0.2, 0.25) is 0 Å². The minimum absolute atomic E-state index is 0. The van der Waals surface area contributed by atoms with Gasteiger partial charge in [-0.05, 0) is 45.4 Å². The van der Waals surface area contributed by atoms with E-state index in [2.05, 4.69) is 20.6 Å². The van der Waals surface area contributed by atoms with E-state index >= 15 is 0 Å². The molecule has 0 radical (unpaired) electrons. The molecule has 8 nitrogen and oxygen atoms in total. The number of benzene rings is 1. The number of ether oxygens (including phenoxy) is 3. The summed E-state index contributed by atoms with van der Waals surface area (Å²) in [5.41, 5.74) is 1.75. The number of nitrogens with one attached hydrogen (secondary N) is 2. The molecule has 0 aliphatic rings. The topological polar surface area (TPSA) is 94.1 Å². The molecule has 0 aliphatic carbocycles. The van der Waals surface area contributed by atoms with Crippen LogP contribution in [0.1, 0.15) is 52.7 Å². The zero-order chi connectivity index (χ0) is 22.6. The lowest BCUT2D eigenvalue weighted by Gasteiger charge is -2.16. The lowest BCUT2D eigenvalue weighted by atomic mass is 10.2. The van der Waals surface area contributed by atoms with Gasteiger partial charge in [0.1, 0.15) is 22.2 Å². The molecule has 32 heavy (non-hydrogen) atoms. The zero-order valence-corrected chi connectivity index (χ0v) is 22.4. The van der Waals surface area contributed by atoms with Crippen molar-refractivity contribution in [3.63, 3.8) is 0 Å². The molecule has 1 aromatic heterocycles. The first kappa shape index (κ1) is 28.1. The van der Waals surface area contributed by atoms with Crippen LogP contribution < -0.4 is 15.4 Å². The van der Waals surface area contributed by atoms with Crippen molar-refractivity contribution in [1.29, 1.82) is 0 Å². The standard InChI is InChI=1S/C22H32N4O4S.HI/c1-6-23-22(24-14-17-8-10-18(11-9-17)30-13-12-28-5)26-16(4)20-25-15(3)19(31-20)21(27)29-7-2;/h8-11,16H,6-7,12-14H2,1-5H3,(H2,23,24,26);1H. The number of rotatable bonds is 11. The molecule has 10 heteroatoms. The number of aromatic nitrogens is 1. The number of aliphatic imine (C=N–C) groups is 1. The van der Waals surface area contributed by atoms with Gasteiger partial charge in [0.25, 0.3) is 0 Å². The maximum atomic E-state index is 12.1. The molecule has 1 heterocycles. The molecule has 0 spiro atoms. The van der Waals surface area contributed by atoms with Crippen molar-refractivity contribution in [3.8, 4) is 5.75 Å². The second-order valence-corrected chi connectivity index (χ2v) is 7.76. The average Bonchev–Trinajstić information content (AvgIpc) is 3.15. The fourth-order valence-corrected chi connectivity index (χ4v) is 3.64. The second-order valence-electron chi connectivity index (χ2n) is 6.73. The quantitative estimate of drug-likeness (QED) is 0.137. The maximum Gasteiger partial charge on any atom is 0.350 e. The lowest BCUT2D eigenvalue weighted by molar-refractivity contribution is 0.0531. The highest BCUT2D eigenvalue weighted by molar-refractivity contribution is 14.0. The lowest BCUT2D eigenvalue weighted by Crippen LogP contribution is -2.38. The summed E-state index contributed by atoms with van der Waals surface area (Å²) in [4.78, 5) is 21.8. The van der Waals surface area contributed by atoms with E-state index in [1.54, 1.807) is 14.0 Å². The van der Waals surface area contributed by atoms with Crippen LogP contribution >= 0.6 is 35.3 Å². The van der Waals surface area contributed by atoms with Crippen LogP contribution in [0.3, 0.4) is 0 Å². The highest BCUT2D eigenvalue weighted by Gasteiger charge is 2.20. The predicted octanol–water partition coefficient (Wildman–Crippen LogP) is 4.09. The van der Waals surface area contributed by atoms with Crippen molar-refractivity contribution >= 4 is 47.2 Å². The summed E-state index contributed by atoms with van der Waals surface area (Å²) >= 11 is 1.35. The molecule has 0 amide bonds. The molecule has 0 bridgehead atoms. The summed E-state index contributed by atoms with van der Waals surface area (Å²) in [6.45, 7) is 10.3. The molecule has 2 aromatic rings. The first-order valence-electron chi connectivity index (χ1n) is 10.4. The van der Waals surface area contributed by atoms with Crippen LogP contribution in [0.5, 0.6) is 5.75 Å². The van der Waals surface area contributed by atoms with E-state index in [0.717, 1.165) is 22.9 Å². The third kappa shape index (κ3) is 8.91. The molecular weight excluding hydrogens is 543 g/mol. The van der Waals surface area contributed by atoms with Crippen LogP contribution in [-0.2, 0) is 16.0 Å². The number of thiazole rings is 1. The molecule has 0 saturated heterocycles. The Kier molecular flexibility index (Phi) is 13.2. The fourth-order valence-electron chi connectivity index (χ4n) is 2.68. The molecule has 1 aromatic carbocycles. The largest absolute Gasteiger partial charge is 0.491 e. The summed E-state index contributed by atoms with van der Waals surface area (Å²) in [5.74, 6) is 1.16. The number of halogens is 1. The van der Waals surface area contributed by atoms with Crippen LogP contribution in [0.4, 0.5) is 0 Å². The molecule has 178 valence electrons. The Labute approximate surface area is 211 Å². The minimum Gasteiger partial charge on any atom is -0.491 e. The van der Waals surface area contributed by atoms with E-state index < -0.39 is 0 Å². The highest BCUT2D eigenvalue weighted by Crippen LogP contribution is 2.24. The molecule has 0 saturated carbocycles. The third-order valence-electron chi connectivity index (χ3n) is 4.24. The van der Waals surface area contributed by atoms with E-state index in [-0.39, 0.29) is 36.0 Å². The van der Waals surface area contributed by atoms with Gasteiger partial charge >= 0.3 is 5.97 Å². The van der Waals surface area contributed by atoms with E-state index in [9.17, 15) is 4.79 Å². The van der Waals surface area contributed by atoms with Crippen LogP contribution in [-0.4, -0.2) is 50.4 Å². The Bertz CT molecular complexity index is 858. The number of methoxy groups -OCH3 is 1. The SMILES string of the molecule is CCNC(=NCc1ccc(OCCOC)cc1)NC(C)c1nc(C)c(C(=O)OCC)s1.I. The van der Waals surface area contributed by atoms with Crippen LogP contribution in [0.25, 0.3) is 0 Å². The number of guanidine groups is 1. The first-order chi connectivity index (χ1) is 15.0. The molecule has 2 N–H and O–H groups in total. The Morgan fingerprint density at radius 2 is 1.94 bits per heavy atom. The first-order valence-corrected chi connectivity index (χ1v) is 11.2. The fraction of sp³-hybridized carbons (Fsp3) is 0.500. The zero-order valence-electron chi connectivity index (χ0n) is 19.3. The number of aryl methyl sites for hydroxylation is 1. The monoisotopic (exact) mass is 576 g/mol. The molecule has 1 atom stereocenters. The highest BCUT2D eigenvalue weighted by atomic mass is 127. The molecule has 1 unspecified atom stereocenters. The van der Waals surface area contributed by atoms with Gasteiger partial charge in [0, 0.05) is 13.7 Å². The Balaban J connectivity index is 0.00000512. The maximum absolute atomic E-state index is 12.1. The Hall–Kier alpha value is -1.92. The summed E-state index contributed by atoms with van der Waals surface area (Å²) in [6, 6.07) is 7.74. The molecule has 0 aliphatic heterocycles. The number of esters is 1. The van der Waals surface area contributed by atoms with Crippen LogP contribution in [0, 0.1) is 6.92 Å². The second kappa shape index (κ2) is 15.0. The van der Waals surface area contributed by atoms with Crippen molar-refractivity contribution in [2.45, 2.75) is 40.3 Å². The third-order valence-corrected chi connectivity index (χ3v) is 5.56. The van der Waals surface area contributed by atoms with Crippen molar-refractivity contribution < 1.29 is 19.0 Å². The summed E-state index contributed by atoms with van der Waals surface area (Å²) in [7, 11) is 1.65. The van der Waals surface area contributed by atoms with Crippen LogP contribution in [0.2, 0.25) is 0 Å². The van der Waals surface area contributed by atoms with Crippen molar-refractivity contribution in [2.75, 3.05) is 33.5 Å². The number of hydrogen-bond donors (Lipinski definition) is 2. The average molecular weight is 577 g/mol. The van der Waals surface area contributed by atoms with Crippen molar-refractivity contribution in [1.82, 2.24) is 15.6 Å². The van der Waals surface area contributed by atoms with E-state index in [1.807, 2.05) is 45.0 Å². The van der Waals surface area contributed by atoms with E-state index in [0.29, 0.717) is 42.9 Å². The molecule has 2 rings (SSSR count). The number of carbonyl (C=O) groups excluding carboxylic acids is 1. The molecular formula is C22H33IN4O4S. The van der Waals surface area contributed by atoms with Gasteiger partial charge in [0.15, 0.2) is 5.96 Å². The van der Waals surface area contributed by atoms with Crippen molar-refractivity contribution in [3.05, 3.63) is 45.4 Å². The Morgan fingerprint density at radius 3 is 2.56 bits per heavy atom. The van der Waals surface area contributed by atoms with Gasteiger partial charge in [-0.15, -0.1) is 35.3 Å². The Morgan fingerprint density at radius 1 is 1.22 bits per heavy atom. The summed E-state index contributed by atoms with van der Waals surface area (Å²) in [6.07, 6.45) is 0.